The number of anilines is 1. The lowest BCUT2D eigenvalue weighted by atomic mass is 10.0. The van der Waals surface area contributed by atoms with Crippen molar-refractivity contribution in [3.63, 3.8) is 0 Å². The molecule has 3 rings (SSSR count). The van der Waals surface area contributed by atoms with E-state index in [1.54, 1.807) is 25.1 Å². The topological polar surface area (TPSA) is 86.8 Å². The van der Waals surface area contributed by atoms with Gasteiger partial charge < -0.3 is 10.2 Å². The van der Waals surface area contributed by atoms with E-state index >= 15 is 0 Å². The summed E-state index contributed by atoms with van der Waals surface area (Å²) in [6, 6.07) is 19.7. The second kappa shape index (κ2) is 12.9. The number of carbonyl (C=O) groups excluding carboxylic acids is 2. The van der Waals surface area contributed by atoms with Gasteiger partial charge in [-0.2, -0.15) is 0 Å². The lowest BCUT2D eigenvalue weighted by Crippen LogP contribution is -2.55. The van der Waals surface area contributed by atoms with E-state index in [2.05, 4.69) is 5.32 Å². The maximum absolute atomic E-state index is 14.1. The second-order valence-electron chi connectivity index (χ2n) is 10.9. The molecule has 0 saturated carbocycles. The standard InChI is InChI=1S/C31H38ClN3O4S/c1-7-27(30(37)33-31(4,5)6)34(20-24-13-10-11-22(2)19-24)29(36)21-35(28-14-9-8-12-23(28)3)40(38,39)26-17-15-25(32)16-18-26/h8-19,27H,7,20-21H2,1-6H3,(H,33,37)/t27-/m1/s1. The molecule has 2 amide bonds. The molecular weight excluding hydrogens is 546 g/mol. The lowest BCUT2D eigenvalue weighted by molar-refractivity contribution is -0.141. The summed E-state index contributed by atoms with van der Waals surface area (Å²) in [6.45, 7) is 10.9. The van der Waals surface area contributed by atoms with Gasteiger partial charge in [-0.1, -0.05) is 66.6 Å². The molecule has 0 aliphatic rings. The van der Waals surface area contributed by atoms with E-state index in [1.165, 1.54) is 29.2 Å². The molecule has 0 unspecified atom stereocenters. The summed E-state index contributed by atoms with van der Waals surface area (Å²) in [4.78, 5) is 29.0. The average molecular weight is 584 g/mol. The van der Waals surface area contributed by atoms with Crippen molar-refractivity contribution in [1.82, 2.24) is 10.2 Å². The zero-order valence-corrected chi connectivity index (χ0v) is 25.5. The summed E-state index contributed by atoms with van der Waals surface area (Å²) < 4.78 is 29.0. The molecule has 0 aromatic heterocycles. The Morgan fingerprint density at radius 3 is 2.17 bits per heavy atom. The van der Waals surface area contributed by atoms with Crippen molar-refractivity contribution in [2.75, 3.05) is 10.8 Å². The molecule has 9 heteroatoms. The number of sulfonamides is 1. The molecule has 0 bridgehead atoms. The Morgan fingerprint density at radius 2 is 1.60 bits per heavy atom. The van der Waals surface area contributed by atoms with Crippen molar-refractivity contribution in [3.8, 4) is 0 Å². The number of halogens is 1. The number of carbonyl (C=O) groups is 2. The Morgan fingerprint density at radius 1 is 0.950 bits per heavy atom. The molecule has 1 N–H and O–H groups in total. The van der Waals surface area contributed by atoms with E-state index in [-0.39, 0.29) is 17.3 Å². The van der Waals surface area contributed by atoms with Gasteiger partial charge in [0.25, 0.3) is 10.0 Å². The third-order valence-electron chi connectivity index (χ3n) is 6.38. The zero-order valence-electron chi connectivity index (χ0n) is 23.9. The van der Waals surface area contributed by atoms with Crippen LogP contribution in [0, 0.1) is 13.8 Å². The van der Waals surface area contributed by atoms with Gasteiger partial charge in [0.2, 0.25) is 11.8 Å². The highest BCUT2D eigenvalue weighted by atomic mass is 35.5. The van der Waals surface area contributed by atoms with Crippen LogP contribution in [0.25, 0.3) is 0 Å². The normalized spacial score (nSPS) is 12.5. The van der Waals surface area contributed by atoms with Crippen LogP contribution in [0.2, 0.25) is 5.02 Å². The summed E-state index contributed by atoms with van der Waals surface area (Å²) in [5.74, 6) is -0.780. The first-order valence-electron chi connectivity index (χ1n) is 13.2. The molecule has 0 aliphatic carbocycles. The number of nitrogens with zero attached hydrogens (tertiary/aromatic N) is 2. The Kier molecular flexibility index (Phi) is 10.0. The summed E-state index contributed by atoms with van der Waals surface area (Å²) in [5, 5.41) is 3.38. The summed E-state index contributed by atoms with van der Waals surface area (Å²) in [5.41, 5.74) is 2.43. The van der Waals surface area contributed by atoms with Gasteiger partial charge in [0.1, 0.15) is 12.6 Å². The highest BCUT2D eigenvalue weighted by Gasteiger charge is 2.35. The van der Waals surface area contributed by atoms with E-state index in [4.69, 9.17) is 11.6 Å². The number of nitrogens with one attached hydrogen (secondary N) is 1. The van der Waals surface area contributed by atoms with E-state index in [9.17, 15) is 18.0 Å². The molecule has 0 fully saturated rings. The van der Waals surface area contributed by atoms with Crippen molar-refractivity contribution in [1.29, 1.82) is 0 Å². The van der Waals surface area contributed by atoms with Gasteiger partial charge in [-0.3, -0.25) is 13.9 Å². The van der Waals surface area contributed by atoms with E-state index in [1.807, 2.05) is 65.0 Å². The monoisotopic (exact) mass is 583 g/mol. The number of benzene rings is 3. The molecule has 0 spiro atoms. The van der Waals surface area contributed by atoms with Gasteiger partial charge in [-0.15, -0.1) is 0 Å². The second-order valence-corrected chi connectivity index (χ2v) is 13.2. The highest BCUT2D eigenvalue weighted by Crippen LogP contribution is 2.28. The Labute approximate surface area is 243 Å². The van der Waals surface area contributed by atoms with E-state index < -0.39 is 34.1 Å². The van der Waals surface area contributed by atoms with Crippen LogP contribution in [0.4, 0.5) is 5.69 Å². The smallest absolute Gasteiger partial charge is 0.264 e. The first kappa shape index (κ1) is 31.2. The molecule has 0 heterocycles. The third-order valence-corrected chi connectivity index (χ3v) is 8.41. The van der Waals surface area contributed by atoms with Crippen LogP contribution in [0.5, 0.6) is 0 Å². The molecule has 0 aliphatic heterocycles. The van der Waals surface area contributed by atoms with E-state index in [0.29, 0.717) is 22.7 Å². The van der Waals surface area contributed by atoms with Crippen molar-refractivity contribution >= 4 is 39.1 Å². The maximum Gasteiger partial charge on any atom is 0.264 e. The van der Waals surface area contributed by atoms with Crippen molar-refractivity contribution in [2.24, 2.45) is 0 Å². The van der Waals surface area contributed by atoms with Gasteiger partial charge in [-0.25, -0.2) is 8.42 Å². The predicted molar refractivity (Wildman–Crippen MR) is 161 cm³/mol. The van der Waals surface area contributed by atoms with Gasteiger partial charge in [0.15, 0.2) is 0 Å². The van der Waals surface area contributed by atoms with Crippen LogP contribution < -0.4 is 9.62 Å². The molecular formula is C31H38ClN3O4S. The number of para-hydroxylation sites is 1. The largest absolute Gasteiger partial charge is 0.350 e. The molecule has 3 aromatic carbocycles. The van der Waals surface area contributed by atoms with Crippen molar-refractivity contribution in [2.45, 2.75) is 71.0 Å². The van der Waals surface area contributed by atoms with Crippen molar-refractivity contribution < 1.29 is 18.0 Å². The maximum atomic E-state index is 14.1. The Hall–Kier alpha value is -3.36. The lowest BCUT2D eigenvalue weighted by Gasteiger charge is -2.35. The molecule has 7 nitrogen and oxygen atoms in total. The first-order chi connectivity index (χ1) is 18.7. The zero-order chi connectivity index (χ0) is 29.7. The predicted octanol–water partition coefficient (Wildman–Crippen LogP) is 5.87. The number of hydrogen-bond donors (Lipinski definition) is 1. The van der Waals surface area contributed by atoms with Crippen LogP contribution >= 0.6 is 11.6 Å². The average Bonchev–Trinajstić information content (AvgIpc) is 2.86. The van der Waals surface area contributed by atoms with Gasteiger partial charge in [0, 0.05) is 17.1 Å². The molecule has 0 radical (unpaired) electrons. The van der Waals surface area contributed by atoms with Gasteiger partial charge >= 0.3 is 0 Å². The minimum atomic E-state index is -4.16. The van der Waals surface area contributed by atoms with Crippen LogP contribution in [-0.2, 0) is 26.2 Å². The molecule has 3 aromatic rings. The number of aryl methyl sites for hydroxylation is 2. The molecule has 214 valence electrons. The SMILES string of the molecule is CC[C@H](C(=O)NC(C)(C)C)N(Cc1cccc(C)c1)C(=O)CN(c1ccccc1C)S(=O)(=O)c1ccc(Cl)cc1. The summed E-state index contributed by atoms with van der Waals surface area (Å²) in [7, 11) is -4.16. The fraction of sp³-hybridized carbons (Fsp3) is 0.355. The van der Waals surface area contributed by atoms with Crippen LogP contribution in [-0.4, -0.2) is 43.3 Å². The minimum Gasteiger partial charge on any atom is -0.350 e. The van der Waals surface area contributed by atoms with E-state index in [0.717, 1.165) is 15.4 Å². The Bertz CT molecular complexity index is 1450. The molecule has 0 saturated heterocycles. The Balaban J connectivity index is 2.09. The first-order valence-corrected chi connectivity index (χ1v) is 15.1. The number of amides is 2. The highest BCUT2D eigenvalue weighted by molar-refractivity contribution is 7.92. The quantitative estimate of drug-likeness (QED) is 0.323. The third kappa shape index (κ3) is 7.86. The number of hydrogen-bond acceptors (Lipinski definition) is 4. The van der Waals surface area contributed by atoms with Gasteiger partial charge in [-0.05, 0) is 82.5 Å². The summed E-state index contributed by atoms with van der Waals surface area (Å²) in [6.07, 6.45) is 0.355. The van der Waals surface area contributed by atoms with Gasteiger partial charge in [0.05, 0.1) is 10.6 Å². The van der Waals surface area contributed by atoms with Crippen LogP contribution in [0.1, 0.15) is 50.8 Å². The minimum absolute atomic E-state index is 0.00991. The van der Waals surface area contributed by atoms with Crippen LogP contribution in [0.3, 0.4) is 0 Å². The fourth-order valence-corrected chi connectivity index (χ4v) is 6.07. The molecule has 1 atom stereocenters. The summed E-state index contributed by atoms with van der Waals surface area (Å²) >= 11 is 6.02. The van der Waals surface area contributed by atoms with Crippen molar-refractivity contribution in [3.05, 3.63) is 94.5 Å². The fourth-order valence-electron chi connectivity index (χ4n) is 4.47. The molecule has 40 heavy (non-hydrogen) atoms. The van der Waals surface area contributed by atoms with Crippen LogP contribution in [0.15, 0.2) is 77.7 Å². The number of rotatable bonds is 10.